The maximum absolute atomic E-state index is 12.1. The van der Waals surface area contributed by atoms with Gasteiger partial charge in [0, 0.05) is 0 Å². The van der Waals surface area contributed by atoms with E-state index in [0.29, 0.717) is 11.3 Å². The van der Waals surface area contributed by atoms with E-state index in [-0.39, 0.29) is 22.1 Å². The normalized spacial score (nSPS) is 15.0. The number of esters is 1. The summed E-state index contributed by atoms with van der Waals surface area (Å²) >= 11 is 6.99. The van der Waals surface area contributed by atoms with Crippen LogP contribution in [-0.4, -0.2) is 24.2 Å². The van der Waals surface area contributed by atoms with Crippen molar-refractivity contribution in [3.8, 4) is 11.5 Å². The summed E-state index contributed by atoms with van der Waals surface area (Å²) in [5.41, 5.74) is 1.40. The third-order valence-electron chi connectivity index (χ3n) is 3.63. The molecule has 0 saturated carbocycles. The van der Waals surface area contributed by atoms with Crippen LogP contribution < -0.4 is 14.8 Å². The Kier molecular flexibility index (Phi) is 5.83. The molecule has 2 aromatic rings. The highest BCUT2D eigenvalue weighted by atomic mass is 35.5. The molecule has 27 heavy (non-hydrogen) atoms. The van der Waals surface area contributed by atoms with Gasteiger partial charge in [-0.2, -0.15) is 0 Å². The Hall–Kier alpha value is -2.77. The molecule has 6 nitrogen and oxygen atoms in total. The van der Waals surface area contributed by atoms with Gasteiger partial charge < -0.3 is 9.47 Å². The Morgan fingerprint density at radius 2 is 1.93 bits per heavy atom. The van der Waals surface area contributed by atoms with Crippen molar-refractivity contribution in [1.29, 1.82) is 0 Å². The summed E-state index contributed by atoms with van der Waals surface area (Å²) in [6.45, 7) is 0. The largest absolute Gasteiger partial charge is 0.497 e. The third-order valence-corrected chi connectivity index (χ3v) is 4.73. The van der Waals surface area contributed by atoms with Gasteiger partial charge in [0.1, 0.15) is 11.5 Å². The van der Waals surface area contributed by atoms with Crippen molar-refractivity contribution >= 4 is 46.6 Å². The van der Waals surface area contributed by atoms with Crippen molar-refractivity contribution in [1.82, 2.24) is 5.32 Å². The number of benzene rings is 2. The molecule has 3 rings (SSSR count). The zero-order chi connectivity index (χ0) is 19.4. The Morgan fingerprint density at radius 3 is 2.52 bits per heavy atom. The molecule has 0 spiro atoms. The second kappa shape index (κ2) is 8.28. The van der Waals surface area contributed by atoms with Gasteiger partial charge in [-0.3, -0.25) is 19.7 Å². The fourth-order valence-corrected chi connectivity index (χ4v) is 3.24. The highest BCUT2D eigenvalue weighted by molar-refractivity contribution is 8.18. The zero-order valence-corrected chi connectivity index (χ0v) is 15.7. The predicted octanol–water partition coefficient (Wildman–Crippen LogP) is 3.82. The maximum atomic E-state index is 12.1. The van der Waals surface area contributed by atoms with E-state index in [1.807, 2.05) is 0 Å². The summed E-state index contributed by atoms with van der Waals surface area (Å²) in [6.07, 6.45) is 1.63. The molecule has 0 aromatic heterocycles. The number of rotatable bonds is 5. The number of imide groups is 1. The van der Waals surface area contributed by atoms with E-state index in [4.69, 9.17) is 21.1 Å². The number of halogens is 1. The summed E-state index contributed by atoms with van der Waals surface area (Å²) in [5, 5.41) is 1.99. The SMILES string of the molecule is COc1ccc(CC(=O)Oc2ccc(C=C3SC(=O)NC3=O)cc2Cl)cc1. The van der Waals surface area contributed by atoms with Crippen molar-refractivity contribution in [2.24, 2.45) is 0 Å². The Balaban J connectivity index is 1.66. The molecule has 1 heterocycles. The standard InChI is InChI=1S/C19H14ClNO5S/c1-25-13-5-2-11(3-6-13)10-17(22)26-15-7-4-12(8-14(15)20)9-16-18(23)21-19(24)27-16/h2-9H,10H2,1H3,(H,21,23,24). The number of ether oxygens (including phenoxy) is 2. The number of nitrogens with one attached hydrogen (secondary N) is 1. The number of carbonyl (C=O) groups is 3. The van der Waals surface area contributed by atoms with Gasteiger partial charge >= 0.3 is 5.97 Å². The van der Waals surface area contributed by atoms with E-state index in [1.165, 1.54) is 0 Å². The minimum Gasteiger partial charge on any atom is -0.497 e. The van der Waals surface area contributed by atoms with E-state index < -0.39 is 17.1 Å². The van der Waals surface area contributed by atoms with Crippen molar-refractivity contribution in [2.45, 2.75) is 6.42 Å². The van der Waals surface area contributed by atoms with Crippen molar-refractivity contribution in [3.05, 3.63) is 63.5 Å². The average molecular weight is 404 g/mol. The lowest BCUT2D eigenvalue weighted by Gasteiger charge is -2.08. The molecule has 1 aliphatic rings. The quantitative estimate of drug-likeness (QED) is 0.464. The van der Waals surface area contributed by atoms with E-state index >= 15 is 0 Å². The van der Waals surface area contributed by atoms with Crippen molar-refractivity contribution < 1.29 is 23.9 Å². The van der Waals surface area contributed by atoms with Crippen LogP contribution >= 0.6 is 23.4 Å². The first kappa shape index (κ1) is 19.0. The first-order chi connectivity index (χ1) is 12.9. The molecule has 0 bridgehead atoms. The minimum absolute atomic E-state index is 0.0883. The van der Waals surface area contributed by atoms with Crippen molar-refractivity contribution in [2.75, 3.05) is 7.11 Å². The van der Waals surface area contributed by atoms with Gasteiger partial charge in [-0.1, -0.05) is 29.8 Å². The molecule has 0 radical (unpaired) electrons. The molecule has 0 aliphatic carbocycles. The monoisotopic (exact) mass is 403 g/mol. The number of thioether (sulfide) groups is 1. The zero-order valence-electron chi connectivity index (χ0n) is 14.2. The second-order valence-corrected chi connectivity index (χ2v) is 6.96. The van der Waals surface area contributed by atoms with Crippen LogP contribution in [0.15, 0.2) is 47.4 Å². The molecule has 0 atom stereocenters. The molecular weight excluding hydrogens is 390 g/mol. The lowest BCUT2D eigenvalue weighted by Crippen LogP contribution is -2.17. The van der Waals surface area contributed by atoms with E-state index in [2.05, 4.69) is 5.32 Å². The van der Waals surface area contributed by atoms with Crippen LogP contribution in [-0.2, 0) is 16.0 Å². The Labute approximate surface area is 164 Å². The molecule has 2 aromatic carbocycles. The number of hydrogen-bond acceptors (Lipinski definition) is 6. The first-order valence-corrected chi connectivity index (χ1v) is 9.02. The summed E-state index contributed by atoms with van der Waals surface area (Å²) in [5.74, 6) is 0.0215. The molecule has 2 amide bonds. The van der Waals surface area contributed by atoms with Gasteiger partial charge in [-0.15, -0.1) is 0 Å². The second-order valence-electron chi connectivity index (χ2n) is 5.54. The number of hydrogen-bond donors (Lipinski definition) is 1. The highest BCUT2D eigenvalue weighted by Crippen LogP contribution is 2.30. The maximum Gasteiger partial charge on any atom is 0.315 e. The van der Waals surface area contributed by atoms with Crippen LogP contribution in [0.2, 0.25) is 5.02 Å². The molecule has 0 unspecified atom stereocenters. The molecule has 1 saturated heterocycles. The topological polar surface area (TPSA) is 81.7 Å². The van der Waals surface area contributed by atoms with E-state index in [1.54, 1.807) is 55.7 Å². The smallest absolute Gasteiger partial charge is 0.315 e. The molecule has 138 valence electrons. The average Bonchev–Trinajstić information content (AvgIpc) is 2.95. The highest BCUT2D eigenvalue weighted by Gasteiger charge is 2.25. The minimum atomic E-state index is -0.454. The van der Waals surface area contributed by atoms with Gasteiger partial charge in [-0.25, -0.2) is 0 Å². The van der Waals surface area contributed by atoms with Crippen molar-refractivity contribution in [3.63, 3.8) is 0 Å². The van der Waals surface area contributed by atoms with Gasteiger partial charge in [-0.05, 0) is 53.2 Å². The summed E-state index contributed by atoms with van der Waals surface area (Å²) in [7, 11) is 1.57. The lowest BCUT2D eigenvalue weighted by atomic mass is 10.1. The molecule has 1 N–H and O–H groups in total. The summed E-state index contributed by atoms with van der Waals surface area (Å²) in [6, 6.07) is 11.8. The van der Waals surface area contributed by atoms with Crippen LogP contribution in [0.25, 0.3) is 6.08 Å². The van der Waals surface area contributed by atoms with Crippen LogP contribution in [0.3, 0.4) is 0 Å². The molecular formula is C19H14ClNO5S. The van der Waals surface area contributed by atoms with Gasteiger partial charge in [0.15, 0.2) is 0 Å². The van der Waals surface area contributed by atoms with Gasteiger partial charge in [0.05, 0.1) is 23.5 Å². The van der Waals surface area contributed by atoms with Crippen LogP contribution in [0, 0.1) is 0 Å². The number of amides is 2. The lowest BCUT2D eigenvalue weighted by molar-refractivity contribution is -0.133. The van der Waals surface area contributed by atoms with Crippen LogP contribution in [0.4, 0.5) is 4.79 Å². The Morgan fingerprint density at radius 1 is 1.19 bits per heavy atom. The third kappa shape index (κ3) is 4.90. The van der Waals surface area contributed by atoms with Crippen LogP contribution in [0.5, 0.6) is 11.5 Å². The molecule has 8 heteroatoms. The first-order valence-electron chi connectivity index (χ1n) is 7.82. The van der Waals surface area contributed by atoms with E-state index in [9.17, 15) is 14.4 Å². The van der Waals surface area contributed by atoms with Crippen LogP contribution in [0.1, 0.15) is 11.1 Å². The fourth-order valence-electron chi connectivity index (χ4n) is 2.33. The predicted molar refractivity (Wildman–Crippen MR) is 103 cm³/mol. The van der Waals surface area contributed by atoms with Gasteiger partial charge in [0.2, 0.25) is 0 Å². The summed E-state index contributed by atoms with van der Waals surface area (Å²) in [4.78, 5) is 35.1. The number of carbonyl (C=O) groups excluding carboxylic acids is 3. The Bertz CT molecular complexity index is 940. The van der Waals surface area contributed by atoms with E-state index in [0.717, 1.165) is 17.3 Å². The fraction of sp³-hybridized carbons (Fsp3) is 0.105. The molecule has 1 aliphatic heterocycles. The molecule has 1 fully saturated rings. The number of methoxy groups -OCH3 is 1. The van der Waals surface area contributed by atoms with Gasteiger partial charge in [0.25, 0.3) is 11.1 Å². The summed E-state index contributed by atoms with van der Waals surface area (Å²) < 4.78 is 10.4.